The summed E-state index contributed by atoms with van der Waals surface area (Å²) in [7, 11) is 0. The predicted octanol–water partition coefficient (Wildman–Crippen LogP) is 2.80. The highest BCUT2D eigenvalue weighted by atomic mass is 16.1. The highest BCUT2D eigenvalue weighted by molar-refractivity contribution is 5.88. The van der Waals surface area contributed by atoms with Crippen molar-refractivity contribution in [3.8, 4) is 0 Å². The van der Waals surface area contributed by atoms with Gasteiger partial charge in [-0.2, -0.15) is 0 Å². The first-order valence-electron chi connectivity index (χ1n) is 4.88. The molecule has 2 nitrogen and oxygen atoms in total. The molecular formula is C12H16NO. The molecule has 0 aliphatic rings. The van der Waals surface area contributed by atoms with Crippen LogP contribution >= 0.6 is 0 Å². The molecule has 0 aliphatic heterocycles. The molecule has 0 aromatic heterocycles. The molecule has 1 aromatic rings. The van der Waals surface area contributed by atoms with Gasteiger partial charge in [0.1, 0.15) is 0 Å². The zero-order valence-electron chi connectivity index (χ0n) is 8.55. The molecule has 0 atom stereocenters. The number of benzene rings is 1. The van der Waals surface area contributed by atoms with Crippen LogP contribution in [0.4, 0.5) is 5.69 Å². The number of hydrogen-bond donors (Lipinski definition) is 1. The molecule has 0 spiro atoms. The number of anilines is 1. The van der Waals surface area contributed by atoms with E-state index in [-0.39, 0.29) is 5.91 Å². The highest BCUT2D eigenvalue weighted by Gasteiger charge is 1.97. The molecule has 0 saturated heterocycles. The lowest BCUT2D eigenvalue weighted by Crippen LogP contribution is -2.05. The molecule has 0 unspecified atom stereocenters. The van der Waals surface area contributed by atoms with E-state index in [9.17, 15) is 4.79 Å². The fraction of sp³-hybridized carbons (Fsp3) is 0.333. The van der Waals surface area contributed by atoms with E-state index in [1.54, 1.807) is 0 Å². The average molecular weight is 190 g/mol. The lowest BCUT2D eigenvalue weighted by Gasteiger charge is -2.04. The van der Waals surface area contributed by atoms with Gasteiger partial charge in [-0.15, -0.1) is 0 Å². The largest absolute Gasteiger partial charge is 0.326 e. The van der Waals surface area contributed by atoms with Crippen molar-refractivity contribution in [3.63, 3.8) is 0 Å². The second-order valence-corrected chi connectivity index (χ2v) is 3.34. The van der Waals surface area contributed by atoms with Crippen molar-refractivity contribution < 1.29 is 4.79 Å². The minimum atomic E-state index is -0.0284. The number of hydrogen-bond acceptors (Lipinski definition) is 1. The van der Waals surface area contributed by atoms with Crippen LogP contribution in [0.15, 0.2) is 24.3 Å². The zero-order valence-corrected chi connectivity index (χ0v) is 8.55. The van der Waals surface area contributed by atoms with Gasteiger partial charge in [-0.05, 0) is 30.5 Å². The van der Waals surface area contributed by atoms with Gasteiger partial charge < -0.3 is 5.32 Å². The summed E-state index contributed by atoms with van der Waals surface area (Å²) in [6.45, 7) is 5.32. The van der Waals surface area contributed by atoms with Crippen LogP contribution < -0.4 is 5.32 Å². The Bertz CT molecular complexity index is 307. The molecule has 1 aromatic carbocycles. The summed E-state index contributed by atoms with van der Waals surface area (Å²) < 4.78 is 0. The van der Waals surface area contributed by atoms with Crippen molar-refractivity contribution in [1.29, 1.82) is 0 Å². The summed E-state index contributed by atoms with van der Waals surface area (Å²) in [5.74, 6) is -0.0284. The van der Waals surface area contributed by atoms with Crippen molar-refractivity contribution in [2.45, 2.75) is 26.2 Å². The Balaban J connectivity index is 2.63. The van der Waals surface area contributed by atoms with Gasteiger partial charge in [-0.3, -0.25) is 4.79 Å². The second kappa shape index (κ2) is 5.43. The van der Waals surface area contributed by atoms with Gasteiger partial charge in [0, 0.05) is 12.6 Å². The van der Waals surface area contributed by atoms with Crippen LogP contribution in [0.3, 0.4) is 0 Å². The topological polar surface area (TPSA) is 29.1 Å². The minimum Gasteiger partial charge on any atom is -0.326 e. The van der Waals surface area contributed by atoms with E-state index in [0.717, 1.165) is 24.9 Å². The number of nitrogens with one attached hydrogen (secondary N) is 1. The maximum atomic E-state index is 10.8. The molecule has 1 rings (SSSR count). The molecule has 0 saturated carbocycles. The quantitative estimate of drug-likeness (QED) is 0.777. The number of unbranched alkanes of at least 4 members (excludes halogenated alkanes) is 1. The first-order valence-corrected chi connectivity index (χ1v) is 4.88. The maximum absolute atomic E-state index is 10.8. The van der Waals surface area contributed by atoms with E-state index in [2.05, 4.69) is 18.3 Å². The van der Waals surface area contributed by atoms with Gasteiger partial charge in [0.25, 0.3) is 0 Å². The molecule has 1 N–H and O–H groups in total. The Morgan fingerprint density at radius 1 is 1.50 bits per heavy atom. The van der Waals surface area contributed by atoms with Crippen LogP contribution in [-0.2, 0) is 11.2 Å². The number of carbonyl (C=O) groups is 1. The smallest absolute Gasteiger partial charge is 0.221 e. The van der Waals surface area contributed by atoms with Gasteiger partial charge >= 0.3 is 0 Å². The highest BCUT2D eigenvalue weighted by Crippen LogP contribution is 2.12. The minimum absolute atomic E-state index is 0.0284. The standard InChI is InChI=1S/C12H16NO/c1-3-4-6-11-7-5-8-12(9-11)13-10(2)14/h5,7-9H,1,3-4,6H2,2H3,(H,13,14). The maximum Gasteiger partial charge on any atom is 0.221 e. The van der Waals surface area contributed by atoms with E-state index < -0.39 is 0 Å². The summed E-state index contributed by atoms with van der Waals surface area (Å²) in [6, 6.07) is 7.94. The Kier molecular flexibility index (Phi) is 4.17. The SMILES string of the molecule is [CH2]CCCc1cccc(NC(C)=O)c1. The van der Waals surface area contributed by atoms with Crippen molar-refractivity contribution in [1.82, 2.24) is 0 Å². The van der Waals surface area contributed by atoms with Crippen LogP contribution in [0.1, 0.15) is 25.3 Å². The number of aryl methyl sites for hydroxylation is 1. The van der Waals surface area contributed by atoms with Gasteiger partial charge in [0.05, 0.1) is 0 Å². The third-order valence-electron chi connectivity index (χ3n) is 1.96. The van der Waals surface area contributed by atoms with Crippen LogP contribution in [0, 0.1) is 6.92 Å². The Hall–Kier alpha value is -1.31. The molecule has 1 radical (unpaired) electrons. The van der Waals surface area contributed by atoms with E-state index in [0.29, 0.717) is 0 Å². The lowest BCUT2D eigenvalue weighted by atomic mass is 10.1. The fourth-order valence-electron chi connectivity index (χ4n) is 1.34. The summed E-state index contributed by atoms with van der Waals surface area (Å²) in [6.07, 6.45) is 3.06. The number of carbonyl (C=O) groups excluding carboxylic acids is 1. The average Bonchev–Trinajstić information content (AvgIpc) is 2.14. The van der Waals surface area contributed by atoms with Gasteiger partial charge in [0.15, 0.2) is 0 Å². The van der Waals surface area contributed by atoms with Crippen LogP contribution in [0.2, 0.25) is 0 Å². The van der Waals surface area contributed by atoms with Crippen LogP contribution in [-0.4, -0.2) is 5.91 Å². The molecule has 0 aliphatic carbocycles. The van der Waals surface area contributed by atoms with Crippen molar-refractivity contribution >= 4 is 11.6 Å². The lowest BCUT2D eigenvalue weighted by molar-refractivity contribution is -0.114. The number of amides is 1. The van der Waals surface area contributed by atoms with E-state index in [1.165, 1.54) is 12.5 Å². The molecule has 0 bridgehead atoms. The molecular weight excluding hydrogens is 174 g/mol. The summed E-state index contributed by atoms with van der Waals surface area (Å²) in [4.78, 5) is 10.8. The zero-order chi connectivity index (χ0) is 10.4. The molecule has 75 valence electrons. The Morgan fingerprint density at radius 2 is 2.29 bits per heavy atom. The first kappa shape index (κ1) is 10.8. The van der Waals surface area contributed by atoms with Gasteiger partial charge in [0.2, 0.25) is 5.91 Å². The van der Waals surface area contributed by atoms with E-state index >= 15 is 0 Å². The molecule has 14 heavy (non-hydrogen) atoms. The first-order chi connectivity index (χ1) is 6.72. The summed E-state index contributed by atoms with van der Waals surface area (Å²) >= 11 is 0. The molecule has 0 heterocycles. The van der Waals surface area contributed by atoms with Crippen LogP contribution in [0.5, 0.6) is 0 Å². The van der Waals surface area contributed by atoms with Crippen LogP contribution in [0.25, 0.3) is 0 Å². The number of rotatable bonds is 4. The molecule has 1 amide bonds. The second-order valence-electron chi connectivity index (χ2n) is 3.34. The van der Waals surface area contributed by atoms with Gasteiger partial charge in [-0.25, -0.2) is 0 Å². The monoisotopic (exact) mass is 190 g/mol. The third kappa shape index (κ3) is 3.60. The van der Waals surface area contributed by atoms with Crippen molar-refractivity contribution in [2.75, 3.05) is 5.32 Å². The third-order valence-corrected chi connectivity index (χ3v) is 1.96. The fourth-order valence-corrected chi connectivity index (χ4v) is 1.34. The Labute approximate surface area is 85.3 Å². The van der Waals surface area contributed by atoms with Crippen molar-refractivity contribution in [3.05, 3.63) is 36.8 Å². The van der Waals surface area contributed by atoms with E-state index in [4.69, 9.17) is 0 Å². The molecule has 2 heteroatoms. The Morgan fingerprint density at radius 3 is 2.93 bits per heavy atom. The van der Waals surface area contributed by atoms with Crippen molar-refractivity contribution in [2.24, 2.45) is 0 Å². The normalized spacial score (nSPS) is 9.86. The summed E-state index contributed by atoms with van der Waals surface area (Å²) in [5.41, 5.74) is 2.12. The molecule has 0 fully saturated rings. The van der Waals surface area contributed by atoms with E-state index in [1.807, 2.05) is 18.2 Å². The van der Waals surface area contributed by atoms with Gasteiger partial charge in [-0.1, -0.05) is 25.5 Å². The predicted molar refractivity (Wildman–Crippen MR) is 59.0 cm³/mol. The summed E-state index contributed by atoms with van der Waals surface area (Å²) in [5, 5.41) is 2.77.